The van der Waals surface area contributed by atoms with Crippen LogP contribution in [0, 0.1) is 17.1 Å². The van der Waals surface area contributed by atoms with Gasteiger partial charge in [-0.3, -0.25) is 4.72 Å². The molecule has 2 aromatic carbocycles. The van der Waals surface area contributed by atoms with Crippen LogP contribution in [0.4, 0.5) is 10.1 Å². The van der Waals surface area contributed by atoms with Gasteiger partial charge in [-0.1, -0.05) is 23.7 Å². The highest BCUT2D eigenvalue weighted by Gasteiger charge is 2.14. The van der Waals surface area contributed by atoms with E-state index in [4.69, 9.17) is 16.9 Å². The fraction of sp³-hybridized carbons (Fsp3) is 0.0714. The van der Waals surface area contributed by atoms with Crippen LogP contribution in [0.2, 0.25) is 5.02 Å². The van der Waals surface area contributed by atoms with Gasteiger partial charge in [-0.05, 0) is 35.9 Å². The molecule has 0 radical (unpaired) electrons. The second-order valence-electron chi connectivity index (χ2n) is 4.21. The highest BCUT2D eigenvalue weighted by Crippen LogP contribution is 2.22. The van der Waals surface area contributed by atoms with Gasteiger partial charge >= 0.3 is 0 Å². The molecule has 4 nitrogen and oxygen atoms in total. The maximum Gasteiger partial charge on any atom is 0.261 e. The van der Waals surface area contributed by atoms with E-state index in [9.17, 15) is 12.8 Å². The molecule has 0 aliphatic rings. The summed E-state index contributed by atoms with van der Waals surface area (Å²) in [5.41, 5.74) is 0.892. The SMILES string of the molecule is N#CCc1ccc(S(=O)(=O)Nc2ccc(F)c(Cl)c2)cc1. The maximum absolute atomic E-state index is 13.0. The maximum atomic E-state index is 13.0. The second-order valence-corrected chi connectivity index (χ2v) is 6.30. The van der Waals surface area contributed by atoms with Gasteiger partial charge in [-0.25, -0.2) is 12.8 Å². The molecule has 7 heteroatoms. The quantitative estimate of drug-likeness (QED) is 0.937. The van der Waals surface area contributed by atoms with Gasteiger partial charge in [0.15, 0.2) is 0 Å². The molecule has 0 aliphatic heterocycles. The van der Waals surface area contributed by atoms with E-state index in [1.165, 1.54) is 24.3 Å². The van der Waals surface area contributed by atoms with Crippen LogP contribution in [0.5, 0.6) is 0 Å². The molecule has 0 saturated heterocycles. The molecule has 0 unspecified atom stereocenters. The van der Waals surface area contributed by atoms with Crippen LogP contribution in [-0.4, -0.2) is 8.42 Å². The molecule has 108 valence electrons. The number of halogens is 2. The molecule has 0 saturated carbocycles. The van der Waals surface area contributed by atoms with E-state index in [0.29, 0.717) is 0 Å². The summed E-state index contributed by atoms with van der Waals surface area (Å²) < 4.78 is 39.7. The number of nitrogens with one attached hydrogen (secondary N) is 1. The van der Waals surface area contributed by atoms with Crippen molar-refractivity contribution in [1.29, 1.82) is 5.26 Å². The third-order valence-electron chi connectivity index (χ3n) is 2.69. The van der Waals surface area contributed by atoms with Crippen molar-refractivity contribution < 1.29 is 12.8 Å². The number of anilines is 1. The lowest BCUT2D eigenvalue weighted by Gasteiger charge is -2.09. The summed E-state index contributed by atoms with van der Waals surface area (Å²) in [7, 11) is -3.79. The average Bonchev–Trinajstić information content (AvgIpc) is 2.44. The van der Waals surface area contributed by atoms with E-state index < -0.39 is 15.8 Å². The Morgan fingerprint density at radius 1 is 1.19 bits per heavy atom. The predicted octanol–water partition coefficient (Wildman–Crippen LogP) is 3.35. The molecular formula is C14H10ClFN2O2S. The zero-order chi connectivity index (χ0) is 15.5. The monoisotopic (exact) mass is 324 g/mol. The van der Waals surface area contributed by atoms with Crippen molar-refractivity contribution in [1.82, 2.24) is 0 Å². The van der Waals surface area contributed by atoms with Crippen LogP contribution in [0.15, 0.2) is 47.4 Å². The number of benzene rings is 2. The summed E-state index contributed by atoms with van der Waals surface area (Å²) in [5.74, 6) is -0.625. The zero-order valence-electron chi connectivity index (χ0n) is 10.7. The van der Waals surface area contributed by atoms with Crippen molar-refractivity contribution in [2.75, 3.05) is 4.72 Å². The Labute approximate surface area is 126 Å². The summed E-state index contributed by atoms with van der Waals surface area (Å²) in [6, 6.07) is 11.5. The Hall–Kier alpha value is -2.10. The molecule has 0 amide bonds. The van der Waals surface area contributed by atoms with E-state index in [1.807, 2.05) is 6.07 Å². The molecule has 0 atom stereocenters. The first kappa shape index (κ1) is 15.3. The lowest BCUT2D eigenvalue weighted by molar-refractivity contribution is 0.601. The zero-order valence-corrected chi connectivity index (χ0v) is 12.2. The standard InChI is InChI=1S/C14H10ClFN2O2S/c15-13-9-11(3-6-14(13)16)18-21(19,20)12-4-1-10(2-5-12)7-8-17/h1-6,9,18H,7H2. The van der Waals surface area contributed by atoms with E-state index in [0.717, 1.165) is 11.6 Å². The summed E-state index contributed by atoms with van der Waals surface area (Å²) in [6.07, 6.45) is 0.210. The Bertz CT molecular complexity index is 799. The summed E-state index contributed by atoms with van der Waals surface area (Å²) >= 11 is 5.60. The van der Waals surface area contributed by atoms with Crippen molar-refractivity contribution in [3.63, 3.8) is 0 Å². The highest BCUT2D eigenvalue weighted by molar-refractivity contribution is 7.92. The normalized spacial score (nSPS) is 10.9. The van der Waals surface area contributed by atoms with Gasteiger partial charge in [-0.15, -0.1) is 0 Å². The second kappa shape index (κ2) is 6.12. The smallest absolute Gasteiger partial charge is 0.261 e. The lowest BCUT2D eigenvalue weighted by atomic mass is 10.2. The fourth-order valence-electron chi connectivity index (χ4n) is 1.65. The van der Waals surface area contributed by atoms with Gasteiger partial charge in [0.05, 0.1) is 28.1 Å². The summed E-state index contributed by atoms with van der Waals surface area (Å²) in [5, 5.41) is 8.40. The molecule has 21 heavy (non-hydrogen) atoms. The number of sulfonamides is 1. The van der Waals surface area contributed by atoms with Crippen molar-refractivity contribution in [3.05, 3.63) is 58.9 Å². The number of rotatable bonds is 4. The molecular weight excluding hydrogens is 315 g/mol. The number of hydrogen-bond donors (Lipinski definition) is 1. The van der Waals surface area contributed by atoms with Gasteiger partial charge in [-0.2, -0.15) is 5.26 Å². The number of nitrogens with zero attached hydrogens (tertiary/aromatic N) is 1. The molecule has 2 rings (SSSR count). The van der Waals surface area contributed by atoms with Gasteiger partial charge < -0.3 is 0 Å². The largest absolute Gasteiger partial charge is 0.280 e. The third kappa shape index (κ3) is 3.72. The summed E-state index contributed by atoms with van der Waals surface area (Å²) in [6.45, 7) is 0. The minimum Gasteiger partial charge on any atom is -0.280 e. The molecule has 0 spiro atoms. The Morgan fingerprint density at radius 2 is 1.86 bits per heavy atom. The molecule has 0 aliphatic carbocycles. The first-order chi connectivity index (χ1) is 9.92. The van der Waals surface area contributed by atoms with Crippen LogP contribution in [0.25, 0.3) is 0 Å². The number of hydrogen-bond acceptors (Lipinski definition) is 3. The van der Waals surface area contributed by atoms with Crippen molar-refractivity contribution in [2.24, 2.45) is 0 Å². The van der Waals surface area contributed by atoms with Gasteiger partial charge in [0, 0.05) is 0 Å². The van der Waals surface area contributed by atoms with Crippen LogP contribution in [-0.2, 0) is 16.4 Å². The van der Waals surface area contributed by atoms with Crippen LogP contribution in [0.3, 0.4) is 0 Å². The van der Waals surface area contributed by atoms with Gasteiger partial charge in [0.1, 0.15) is 5.82 Å². The molecule has 1 N–H and O–H groups in total. The topological polar surface area (TPSA) is 70.0 Å². The van der Waals surface area contributed by atoms with E-state index >= 15 is 0 Å². The minimum atomic E-state index is -3.79. The van der Waals surface area contributed by atoms with Crippen molar-refractivity contribution >= 4 is 27.3 Å². The fourth-order valence-corrected chi connectivity index (χ4v) is 2.88. The number of nitriles is 1. The third-order valence-corrected chi connectivity index (χ3v) is 4.38. The first-order valence-corrected chi connectivity index (χ1v) is 7.72. The van der Waals surface area contributed by atoms with E-state index in [1.54, 1.807) is 12.1 Å². The van der Waals surface area contributed by atoms with Gasteiger partial charge in [0.25, 0.3) is 10.0 Å². The average molecular weight is 325 g/mol. The predicted molar refractivity (Wildman–Crippen MR) is 78.0 cm³/mol. The molecule has 0 heterocycles. The van der Waals surface area contributed by atoms with Crippen LogP contribution < -0.4 is 4.72 Å². The highest BCUT2D eigenvalue weighted by atomic mass is 35.5. The van der Waals surface area contributed by atoms with Crippen LogP contribution >= 0.6 is 11.6 Å². The minimum absolute atomic E-state index is 0.0460. The first-order valence-electron chi connectivity index (χ1n) is 5.86. The molecule has 0 bridgehead atoms. The van der Waals surface area contributed by atoms with Crippen LogP contribution in [0.1, 0.15) is 5.56 Å². The Morgan fingerprint density at radius 3 is 2.43 bits per heavy atom. The molecule has 2 aromatic rings. The van der Waals surface area contributed by atoms with Gasteiger partial charge in [0.2, 0.25) is 0 Å². The van der Waals surface area contributed by atoms with E-state index in [2.05, 4.69) is 4.72 Å². The molecule has 0 fully saturated rings. The van der Waals surface area contributed by atoms with E-state index in [-0.39, 0.29) is 22.0 Å². The molecule has 0 aromatic heterocycles. The van der Waals surface area contributed by atoms with Crippen molar-refractivity contribution in [3.8, 4) is 6.07 Å². The summed E-state index contributed by atoms with van der Waals surface area (Å²) in [4.78, 5) is 0.0460. The lowest BCUT2D eigenvalue weighted by Crippen LogP contribution is -2.13. The van der Waals surface area contributed by atoms with Crippen molar-refractivity contribution in [2.45, 2.75) is 11.3 Å². The Balaban J connectivity index is 2.25. The Kier molecular flexibility index (Phi) is 4.46.